The van der Waals surface area contributed by atoms with Gasteiger partial charge >= 0.3 is 12.1 Å². The fraction of sp³-hybridized carbons (Fsp3) is 0.200. The lowest BCUT2D eigenvalue weighted by atomic mass is 9.96. The number of aliphatic hydroxyl groups excluding tert-OH is 1. The van der Waals surface area contributed by atoms with Crippen molar-refractivity contribution in [3.05, 3.63) is 84.4 Å². The van der Waals surface area contributed by atoms with Crippen LogP contribution >= 0.6 is 0 Å². The highest BCUT2D eigenvalue weighted by Gasteiger charge is 2.23. The summed E-state index contributed by atoms with van der Waals surface area (Å²) in [6.45, 7) is 1.84. The van der Waals surface area contributed by atoms with Gasteiger partial charge in [0.1, 0.15) is 18.5 Å². The lowest BCUT2D eigenvalue weighted by molar-refractivity contribution is -0.131. The lowest BCUT2D eigenvalue weighted by Gasteiger charge is -2.23. The first-order valence-corrected chi connectivity index (χ1v) is 10.2. The number of fused-ring (bicyclic) bond motifs is 1. The number of amides is 1. The standard InChI is InChI=1S/C25H25NO6/c1-17(9-14-23(28)29)24(19-10-12-20(13-11-19)31-16-15-27)32-25(30)26-22-8-4-6-18-5-2-3-7-21(18)22/h2-14,17,24,27H,15-16H2,1H3,(H,26,30)(H,28,29)/b14-9+/t17-,24-/m1/s1. The van der Waals surface area contributed by atoms with Gasteiger partial charge < -0.3 is 19.7 Å². The third kappa shape index (κ3) is 6.09. The van der Waals surface area contributed by atoms with E-state index in [0.717, 1.165) is 16.8 Å². The number of carboxylic acid groups (broad SMARTS) is 1. The van der Waals surface area contributed by atoms with Gasteiger partial charge in [-0.2, -0.15) is 0 Å². The summed E-state index contributed by atoms with van der Waals surface area (Å²) in [6.07, 6.45) is 1.13. The van der Waals surface area contributed by atoms with E-state index in [1.165, 1.54) is 6.08 Å². The van der Waals surface area contributed by atoms with E-state index in [4.69, 9.17) is 19.7 Å². The van der Waals surface area contributed by atoms with Crippen molar-refractivity contribution < 1.29 is 29.3 Å². The molecular weight excluding hydrogens is 410 g/mol. The van der Waals surface area contributed by atoms with E-state index in [1.807, 2.05) is 36.4 Å². The van der Waals surface area contributed by atoms with Crippen LogP contribution in [0.15, 0.2) is 78.9 Å². The molecule has 0 fully saturated rings. The zero-order chi connectivity index (χ0) is 22.9. The third-order valence-electron chi connectivity index (χ3n) is 4.85. The topological polar surface area (TPSA) is 105 Å². The van der Waals surface area contributed by atoms with Gasteiger partial charge in [-0.1, -0.05) is 61.5 Å². The van der Waals surface area contributed by atoms with Crippen molar-refractivity contribution in [2.75, 3.05) is 18.5 Å². The average molecular weight is 435 g/mol. The van der Waals surface area contributed by atoms with E-state index in [1.54, 1.807) is 37.3 Å². The number of carbonyl (C=O) groups excluding carboxylic acids is 1. The Balaban J connectivity index is 1.81. The zero-order valence-corrected chi connectivity index (χ0v) is 17.6. The van der Waals surface area contributed by atoms with Crippen LogP contribution in [0.1, 0.15) is 18.6 Å². The van der Waals surface area contributed by atoms with Gasteiger partial charge in [0.15, 0.2) is 0 Å². The predicted octanol–water partition coefficient (Wildman–Crippen LogP) is 4.78. The lowest BCUT2D eigenvalue weighted by Crippen LogP contribution is -2.21. The Morgan fingerprint density at radius 2 is 1.75 bits per heavy atom. The summed E-state index contributed by atoms with van der Waals surface area (Å²) < 4.78 is 11.1. The molecule has 7 nitrogen and oxygen atoms in total. The normalized spacial score (nSPS) is 12.9. The van der Waals surface area contributed by atoms with Crippen LogP contribution in [0.2, 0.25) is 0 Å². The summed E-state index contributed by atoms with van der Waals surface area (Å²) >= 11 is 0. The summed E-state index contributed by atoms with van der Waals surface area (Å²) in [7, 11) is 0. The minimum absolute atomic E-state index is 0.0984. The van der Waals surface area contributed by atoms with E-state index in [-0.39, 0.29) is 13.2 Å². The summed E-state index contributed by atoms with van der Waals surface area (Å²) in [6, 6.07) is 20.2. The Morgan fingerprint density at radius 1 is 1.03 bits per heavy atom. The number of aliphatic hydroxyl groups is 1. The molecule has 0 aliphatic heterocycles. The quantitative estimate of drug-likeness (QED) is 0.418. The second-order valence-electron chi connectivity index (χ2n) is 7.18. The van der Waals surface area contributed by atoms with Crippen molar-refractivity contribution in [2.24, 2.45) is 5.92 Å². The molecule has 1 amide bonds. The number of carbonyl (C=O) groups is 2. The van der Waals surface area contributed by atoms with E-state index in [0.29, 0.717) is 17.0 Å². The Hall–Kier alpha value is -3.84. The van der Waals surface area contributed by atoms with Gasteiger partial charge in [0.05, 0.1) is 12.3 Å². The number of hydrogen-bond acceptors (Lipinski definition) is 5. The molecule has 0 spiro atoms. The van der Waals surface area contributed by atoms with E-state index >= 15 is 0 Å². The second kappa shape index (κ2) is 11.0. The fourth-order valence-electron chi connectivity index (χ4n) is 3.32. The highest BCUT2D eigenvalue weighted by Crippen LogP contribution is 2.30. The summed E-state index contributed by atoms with van der Waals surface area (Å²) in [5.41, 5.74) is 1.30. The molecule has 0 aromatic heterocycles. The maximum absolute atomic E-state index is 12.8. The SMILES string of the molecule is C[C@H](/C=C/C(=O)O)[C@@H](OC(=O)Nc1cccc2ccccc12)c1ccc(OCCO)cc1. The Labute approximate surface area is 185 Å². The molecule has 32 heavy (non-hydrogen) atoms. The highest BCUT2D eigenvalue weighted by molar-refractivity contribution is 6.00. The predicted molar refractivity (Wildman–Crippen MR) is 122 cm³/mol. The molecule has 3 aromatic rings. The van der Waals surface area contributed by atoms with Gasteiger partial charge in [-0.25, -0.2) is 9.59 Å². The largest absolute Gasteiger partial charge is 0.491 e. The molecule has 7 heteroatoms. The van der Waals surface area contributed by atoms with E-state index in [9.17, 15) is 9.59 Å². The maximum atomic E-state index is 12.8. The average Bonchev–Trinajstić information content (AvgIpc) is 2.80. The summed E-state index contributed by atoms with van der Waals surface area (Å²) in [4.78, 5) is 23.7. The van der Waals surface area contributed by atoms with Crippen molar-refractivity contribution in [3.8, 4) is 5.75 Å². The number of aliphatic carboxylic acids is 1. The molecule has 3 rings (SSSR count). The number of nitrogens with one attached hydrogen (secondary N) is 1. The minimum Gasteiger partial charge on any atom is -0.491 e. The molecule has 0 unspecified atom stereocenters. The number of rotatable bonds is 9. The molecule has 0 saturated heterocycles. The van der Waals surface area contributed by atoms with Crippen LogP contribution in [0.5, 0.6) is 5.75 Å². The molecule has 166 valence electrons. The molecule has 0 aliphatic carbocycles. The van der Waals surface area contributed by atoms with Crippen molar-refractivity contribution in [3.63, 3.8) is 0 Å². The van der Waals surface area contributed by atoms with Gasteiger partial charge in [-0.05, 0) is 29.1 Å². The molecule has 0 saturated carbocycles. The number of ether oxygens (including phenoxy) is 2. The van der Waals surface area contributed by atoms with E-state index < -0.39 is 24.1 Å². The first kappa shape index (κ1) is 22.8. The van der Waals surface area contributed by atoms with Crippen LogP contribution in [0, 0.1) is 5.92 Å². The molecule has 0 heterocycles. The van der Waals surface area contributed by atoms with Crippen LogP contribution in [0.3, 0.4) is 0 Å². The molecule has 0 bridgehead atoms. The number of carboxylic acids is 1. The van der Waals surface area contributed by atoms with Gasteiger partial charge in [-0.3, -0.25) is 5.32 Å². The molecule has 3 N–H and O–H groups in total. The van der Waals surface area contributed by atoms with Gasteiger partial charge in [0.25, 0.3) is 0 Å². The molecular formula is C25H25NO6. The Kier molecular flexibility index (Phi) is 7.83. The minimum atomic E-state index is -1.08. The van der Waals surface area contributed by atoms with Crippen LogP contribution in [0.25, 0.3) is 10.8 Å². The zero-order valence-electron chi connectivity index (χ0n) is 17.6. The Bertz CT molecular complexity index is 1090. The van der Waals surface area contributed by atoms with Gasteiger partial charge in [-0.15, -0.1) is 0 Å². The van der Waals surface area contributed by atoms with Crippen molar-refractivity contribution in [2.45, 2.75) is 13.0 Å². The summed E-state index contributed by atoms with van der Waals surface area (Å²) in [5.74, 6) is -0.923. The highest BCUT2D eigenvalue weighted by atomic mass is 16.6. The molecule has 2 atom stereocenters. The number of hydrogen-bond donors (Lipinski definition) is 3. The number of anilines is 1. The molecule has 0 radical (unpaired) electrons. The van der Waals surface area contributed by atoms with Gasteiger partial charge in [0, 0.05) is 17.4 Å². The van der Waals surface area contributed by atoms with Crippen molar-refractivity contribution in [1.29, 1.82) is 0 Å². The monoisotopic (exact) mass is 435 g/mol. The van der Waals surface area contributed by atoms with Crippen molar-refractivity contribution >= 4 is 28.5 Å². The Morgan fingerprint density at radius 3 is 2.47 bits per heavy atom. The number of benzene rings is 3. The van der Waals surface area contributed by atoms with Crippen LogP contribution in [-0.2, 0) is 9.53 Å². The fourth-order valence-corrected chi connectivity index (χ4v) is 3.32. The first-order valence-electron chi connectivity index (χ1n) is 10.2. The smallest absolute Gasteiger partial charge is 0.412 e. The van der Waals surface area contributed by atoms with Crippen LogP contribution in [0.4, 0.5) is 10.5 Å². The van der Waals surface area contributed by atoms with Gasteiger partial charge in [0.2, 0.25) is 0 Å². The maximum Gasteiger partial charge on any atom is 0.412 e. The van der Waals surface area contributed by atoms with Crippen molar-refractivity contribution in [1.82, 2.24) is 0 Å². The van der Waals surface area contributed by atoms with E-state index in [2.05, 4.69) is 5.32 Å². The van der Waals surface area contributed by atoms with Crippen LogP contribution < -0.4 is 10.1 Å². The molecule has 3 aromatic carbocycles. The third-order valence-corrected chi connectivity index (χ3v) is 4.85. The molecule has 0 aliphatic rings. The second-order valence-corrected chi connectivity index (χ2v) is 7.18. The first-order chi connectivity index (χ1) is 15.5. The summed E-state index contributed by atoms with van der Waals surface area (Å²) in [5, 5.41) is 22.5. The van der Waals surface area contributed by atoms with Crippen LogP contribution in [-0.4, -0.2) is 35.5 Å².